The highest BCUT2D eigenvalue weighted by molar-refractivity contribution is 9.10. The Morgan fingerprint density at radius 1 is 1.24 bits per heavy atom. The van der Waals surface area contributed by atoms with Gasteiger partial charge >= 0.3 is 0 Å². The molecule has 1 unspecified atom stereocenters. The number of nitrogens with zero attached hydrogens (tertiary/aromatic N) is 2. The molecule has 1 N–H and O–H groups in total. The zero-order valence-corrected chi connectivity index (χ0v) is 13.4. The summed E-state index contributed by atoms with van der Waals surface area (Å²) in [4.78, 5) is 2.07. The summed E-state index contributed by atoms with van der Waals surface area (Å²) in [6, 6.07) is 17.9. The minimum atomic E-state index is -0.578. The van der Waals surface area contributed by atoms with Crippen LogP contribution in [0, 0.1) is 11.3 Å². The molecule has 2 aromatic rings. The number of hydrogen-bond donors (Lipinski definition) is 1. The fourth-order valence-electron chi connectivity index (χ4n) is 2.26. The van der Waals surface area contributed by atoms with E-state index in [1.165, 1.54) is 0 Å². The zero-order valence-electron chi connectivity index (χ0n) is 11.8. The van der Waals surface area contributed by atoms with E-state index in [0.29, 0.717) is 13.0 Å². The van der Waals surface area contributed by atoms with Gasteiger partial charge in [-0.3, -0.25) is 0 Å². The summed E-state index contributed by atoms with van der Waals surface area (Å²) >= 11 is 3.44. The maximum Gasteiger partial charge on any atom is 0.0782 e. The first-order chi connectivity index (χ1) is 10.1. The smallest absolute Gasteiger partial charge is 0.0782 e. The van der Waals surface area contributed by atoms with Gasteiger partial charge in [0.1, 0.15) is 0 Å². The van der Waals surface area contributed by atoms with Crippen LogP contribution >= 0.6 is 15.9 Å². The van der Waals surface area contributed by atoms with Crippen molar-refractivity contribution in [2.24, 2.45) is 0 Å². The quantitative estimate of drug-likeness (QED) is 0.865. The highest BCUT2D eigenvalue weighted by atomic mass is 79.9. The zero-order chi connectivity index (χ0) is 15.2. The predicted molar refractivity (Wildman–Crippen MR) is 88.5 cm³/mol. The van der Waals surface area contributed by atoms with Gasteiger partial charge in [-0.15, -0.1) is 0 Å². The Morgan fingerprint density at radius 2 is 1.95 bits per heavy atom. The molecule has 0 saturated carbocycles. The number of rotatable bonds is 5. The van der Waals surface area contributed by atoms with Crippen molar-refractivity contribution in [2.75, 3.05) is 11.4 Å². The molecule has 2 rings (SSSR count). The van der Waals surface area contributed by atoms with E-state index < -0.39 is 6.10 Å². The molecular weight excluding hydrogens is 328 g/mol. The van der Waals surface area contributed by atoms with E-state index in [1.54, 1.807) is 6.92 Å². The number of hydrogen-bond acceptors (Lipinski definition) is 3. The normalized spacial score (nSPS) is 11.7. The second-order valence-corrected chi connectivity index (χ2v) is 5.69. The molecular formula is C17H17BrN2O. The Bertz CT molecular complexity index is 635. The van der Waals surface area contributed by atoms with Gasteiger partial charge in [0, 0.05) is 28.0 Å². The lowest BCUT2D eigenvalue weighted by Crippen LogP contribution is -2.20. The maximum atomic E-state index is 10.0. The topological polar surface area (TPSA) is 47.3 Å². The first kappa shape index (κ1) is 15.6. The van der Waals surface area contributed by atoms with Crippen molar-refractivity contribution >= 4 is 27.3 Å². The molecule has 0 saturated heterocycles. The lowest BCUT2D eigenvalue weighted by atomic mass is 10.1. The van der Waals surface area contributed by atoms with Crippen LogP contribution in [0.2, 0.25) is 0 Å². The molecule has 1 atom stereocenters. The number of aliphatic hydroxyl groups is 1. The van der Waals surface area contributed by atoms with E-state index in [2.05, 4.69) is 26.9 Å². The van der Waals surface area contributed by atoms with Gasteiger partial charge in [0.05, 0.1) is 18.6 Å². The van der Waals surface area contributed by atoms with Crippen molar-refractivity contribution < 1.29 is 5.11 Å². The maximum absolute atomic E-state index is 10.0. The van der Waals surface area contributed by atoms with Crippen molar-refractivity contribution in [2.45, 2.75) is 19.4 Å². The molecule has 0 heterocycles. The molecule has 0 aliphatic heterocycles. The van der Waals surface area contributed by atoms with Crippen LogP contribution in [0.5, 0.6) is 0 Å². The van der Waals surface area contributed by atoms with Crippen LogP contribution in [0.15, 0.2) is 53.0 Å². The SMILES string of the molecule is CC(O)c1cc(Br)ccc1N(CCC#N)c1ccccc1. The summed E-state index contributed by atoms with van der Waals surface area (Å²) in [6.07, 6.45) is -0.157. The van der Waals surface area contributed by atoms with Gasteiger partial charge in [0.15, 0.2) is 0 Å². The second kappa shape index (κ2) is 7.26. The van der Waals surface area contributed by atoms with Crippen LogP contribution in [-0.4, -0.2) is 11.7 Å². The second-order valence-electron chi connectivity index (χ2n) is 4.77. The van der Waals surface area contributed by atoms with Crippen LogP contribution in [0.4, 0.5) is 11.4 Å². The highest BCUT2D eigenvalue weighted by Crippen LogP contribution is 2.34. The van der Waals surface area contributed by atoms with Crippen molar-refractivity contribution in [3.05, 3.63) is 58.6 Å². The van der Waals surface area contributed by atoms with E-state index in [9.17, 15) is 5.11 Å². The lowest BCUT2D eigenvalue weighted by molar-refractivity contribution is 0.199. The first-order valence-electron chi connectivity index (χ1n) is 6.80. The van der Waals surface area contributed by atoms with E-state index in [1.807, 2.05) is 48.5 Å². The Kier molecular flexibility index (Phi) is 5.38. The minimum absolute atomic E-state index is 0.421. The fraction of sp³-hybridized carbons (Fsp3) is 0.235. The Balaban J connectivity index is 2.49. The Morgan fingerprint density at radius 3 is 2.57 bits per heavy atom. The van der Waals surface area contributed by atoms with Crippen LogP contribution < -0.4 is 4.90 Å². The first-order valence-corrected chi connectivity index (χ1v) is 7.60. The average molecular weight is 345 g/mol. The predicted octanol–water partition coefficient (Wildman–Crippen LogP) is 4.55. The van der Waals surface area contributed by atoms with E-state index in [0.717, 1.165) is 21.4 Å². The molecule has 0 amide bonds. The molecule has 0 aliphatic carbocycles. The van der Waals surface area contributed by atoms with E-state index in [4.69, 9.17) is 5.26 Å². The molecule has 0 aromatic heterocycles. The number of anilines is 2. The Labute approximate surface area is 133 Å². The van der Waals surface area contributed by atoms with Crippen LogP contribution in [-0.2, 0) is 0 Å². The van der Waals surface area contributed by atoms with Gasteiger partial charge in [-0.1, -0.05) is 34.1 Å². The largest absolute Gasteiger partial charge is 0.389 e. The van der Waals surface area contributed by atoms with Crippen molar-refractivity contribution in [1.29, 1.82) is 5.26 Å². The van der Waals surface area contributed by atoms with Gasteiger partial charge < -0.3 is 10.0 Å². The van der Waals surface area contributed by atoms with Crippen molar-refractivity contribution in [1.82, 2.24) is 0 Å². The lowest BCUT2D eigenvalue weighted by Gasteiger charge is -2.27. The monoisotopic (exact) mass is 344 g/mol. The molecule has 0 fully saturated rings. The average Bonchev–Trinajstić information content (AvgIpc) is 2.49. The molecule has 108 valence electrons. The van der Waals surface area contributed by atoms with Crippen molar-refractivity contribution in [3.8, 4) is 6.07 Å². The van der Waals surface area contributed by atoms with E-state index >= 15 is 0 Å². The molecule has 0 spiro atoms. The number of halogens is 1. The summed E-state index contributed by atoms with van der Waals surface area (Å²) in [6.45, 7) is 2.33. The summed E-state index contributed by atoms with van der Waals surface area (Å²) in [5, 5.41) is 18.9. The number of para-hydroxylation sites is 1. The molecule has 0 aliphatic rings. The van der Waals surface area contributed by atoms with Crippen LogP contribution in [0.1, 0.15) is 25.0 Å². The van der Waals surface area contributed by atoms with Gasteiger partial charge in [-0.05, 0) is 37.3 Å². The van der Waals surface area contributed by atoms with E-state index in [-0.39, 0.29) is 0 Å². The van der Waals surface area contributed by atoms with Crippen molar-refractivity contribution in [3.63, 3.8) is 0 Å². The molecule has 2 aromatic carbocycles. The summed E-state index contributed by atoms with van der Waals surface area (Å²) in [5.41, 5.74) is 2.78. The van der Waals surface area contributed by atoms with Crippen LogP contribution in [0.25, 0.3) is 0 Å². The third-order valence-electron chi connectivity index (χ3n) is 3.25. The Hall–Kier alpha value is -1.83. The standard InChI is InChI=1S/C17H17BrN2O/c1-13(21)16-12-14(18)8-9-17(16)20(11-5-10-19)15-6-3-2-4-7-15/h2-4,6-9,12-13,21H,5,11H2,1H3. The summed E-state index contributed by atoms with van der Waals surface area (Å²) in [7, 11) is 0. The van der Waals surface area contributed by atoms with Gasteiger partial charge in [-0.2, -0.15) is 5.26 Å². The number of nitriles is 1. The molecule has 21 heavy (non-hydrogen) atoms. The van der Waals surface area contributed by atoms with Gasteiger partial charge in [0.25, 0.3) is 0 Å². The third kappa shape index (κ3) is 3.84. The molecule has 0 bridgehead atoms. The third-order valence-corrected chi connectivity index (χ3v) is 3.74. The highest BCUT2D eigenvalue weighted by Gasteiger charge is 2.16. The van der Waals surface area contributed by atoms with Gasteiger partial charge in [0.2, 0.25) is 0 Å². The number of benzene rings is 2. The fourth-order valence-corrected chi connectivity index (χ4v) is 2.64. The van der Waals surface area contributed by atoms with Gasteiger partial charge in [-0.25, -0.2) is 0 Å². The molecule has 3 nitrogen and oxygen atoms in total. The molecule has 0 radical (unpaired) electrons. The molecule has 4 heteroatoms. The minimum Gasteiger partial charge on any atom is -0.389 e. The number of aliphatic hydroxyl groups excluding tert-OH is 1. The summed E-state index contributed by atoms with van der Waals surface area (Å²) < 4.78 is 0.926. The van der Waals surface area contributed by atoms with Crippen LogP contribution in [0.3, 0.4) is 0 Å². The summed E-state index contributed by atoms with van der Waals surface area (Å²) in [5.74, 6) is 0.